The third-order valence-corrected chi connectivity index (χ3v) is 7.46. The number of carbonyl (C=O) groups is 4. The molecule has 3 rings (SSSR count). The number of anilines is 2. The smallest absolute Gasteiger partial charge is 0.268 e. The lowest BCUT2D eigenvalue weighted by molar-refractivity contribution is 0.0937. The quantitative estimate of drug-likeness (QED) is 0.0554. The zero-order chi connectivity index (χ0) is 36.8. The summed E-state index contributed by atoms with van der Waals surface area (Å²) in [5.41, 5.74) is 23.7. The van der Waals surface area contributed by atoms with Gasteiger partial charge >= 0.3 is 0 Å². The third-order valence-electron chi connectivity index (χ3n) is 7.46. The second-order valence-electron chi connectivity index (χ2n) is 12.6. The van der Waals surface area contributed by atoms with Gasteiger partial charge in [0.05, 0.1) is 24.5 Å². The van der Waals surface area contributed by atoms with Crippen molar-refractivity contribution in [3.05, 3.63) is 71.3 Å². The monoisotopic (exact) mass is 690 g/mol. The van der Waals surface area contributed by atoms with Crippen LogP contribution in [0.5, 0.6) is 0 Å². The Morgan fingerprint density at radius 3 is 1.30 bits per heavy atom. The second kappa shape index (κ2) is 18.7. The molecule has 0 aliphatic rings. The molecule has 0 saturated heterocycles. The molecule has 2 aromatic heterocycles. The van der Waals surface area contributed by atoms with Crippen LogP contribution < -0.4 is 44.2 Å². The number of nitrogens with two attached hydrogens (primary N) is 4. The molecule has 3 aromatic rings. The maximum absolute atomic E-state index is 13.1. The number of hydrogen-bond donors (Lipinski definition) is 8. The van der Waals surface area contributed by atoms with Crippen molar-refractivity contribution in [3.8, 4) is 0 Å². The summed E-state index contributed by atoms with van der Waals surface area (Å²) >= 11 is 0. The molecule has 50 heavy (non-hydrogen) atoms. The van der Waals surface area contributed by atoms with E-state index in [2.05, 4.69) is 58.9 Å². The number of nitrogens with one attached hydrogen (secondary N) is 4. The van der Waals surface area contributed by atoms with E-state index in [1.807, 2.05) is 0 Å². The average molecular weight is 691 g/mol. The van der Waals surface area contributed by atoms with E-state index in [1.165, 1.54) is 0 Å². The van der Waals surface area contributed by atoms with Crippen molar-refractivity contribution in [2.45, 2.75) is 53.6 Å². The van der Waals surface area contributed by atoms with E-state index in [0.717, 1.165) is 12.8 Å². The van der Waals surface area contributed by atoms with Crippen LogP contribution in [0, 0.1) is 11.8 Å². The number of nitrogens with zero attached hydrogens (tertiary/aromatic N) is 4. The molecule has 1 aromatic carbocycles. The first-order valence-electron chi connectivity index (χ1n) is 16.5. The molecule has 2 heterocycles. The first-order valence-corrected chi connectivity index (χ1v) is 16.5. The van der Waals surface area contributed by atoms with E-state index in [9.17, 15) is 19.2 Å². The molecule has 0 bridgehead atoms. The van der Waals surface area contributed by atoms with Crippen molar-refractivity contribution in [3.63, 3.8) is 0 Å². The Hall–Kier alpha value is -5.80. The summed E-state index contributed by atoms with van der Waals surface area (Å²) < 4.78 is 3.60. The Kier molecular flexibility index (Phi) is 14.4. The highest BCUT2D eigenvalue weighted by atomic mass is 16.2. The molecule has 0 aliphatic carbocycles. The van der Waals surface area contributed by atoms with Gasteiger partial charge in [0, 0.05) is 49.7 Å². The normalized spacial score (nSPS) is 10.8. The van der Waals surface area contributed by atoms with Crippen LogP contribution in [-0.2, 0) is 13.1 Å². The Morgan fingerprint density at radius 2 is 0.980 bits per heavy atom. The Labute approximate surface area is 292 Å². The van der Waals surface area contributed by atoms with Crippen LogP contribution in [-0.4, -0.2) is 70.9 Å². The van der Waals surface area contributed by atoms with Crippen LogP contribution in [0.4, 0.5) is 11.4 Å². The summed E-state index contributed by atoms with van der Waals surface area (Å²) in [7, 11) is 0. The molecule has 0 unspecified atom stereocenters. The maximum Gasteiger partial charge on any atom is 0.268 e. The number of guanidine groups is 2. The van der Waals surface area contributed by atoms with Crippen molar-refractivity contribution < 1.29 is 19.2 Å². The van der Waals surface area contributed by atoms with Crippen LogP contribution in [0.2, 0.25) is 0 Å². The molecule has 0 saturated carbocycles. The molecular weight excluding hydrogens is 640 g/mol. The number of carbonyl (C=O) groups excluding carboxylic acids is 4. The molecule has 16 heteroatoms. The lowest BCUT2D eigenvalue weighted by Gasteiger charge is -2.10. The van der Waals surface area contributed by atoms with Gasteiger partial charge in [-0.1, -0.05) is 27.7 Å². The first-order chi connectivity index (χ1) is 23.7. The molecule has 0 radical (unpaired) electrons. The maximum atomic E-state index is 13.1. The van der Waals surface area contributed by atoms with Crippen LogP contribution in [0.3, 0.4) is 0 Å². The van der Waals surface area contributed by atoms with E-state index in [0.29, 0.717) is 58.8 Å². The number of hydrogen-bond acceptors (Lipinski definition) is 6. The van der Waals surface area contributed by atoms with Gasteiger partial charge in [0.2, 0.25) is 0 Å². The average Bonchev–Trinajstić information content (AvgIpc) is 3.66. The lowest BCUT2D eigenvalue weighted by Crippen LogP contribution is -2.30. The highest BCUT2D eigenvalue weighted by molar-refractivity contribution is 6.08. The van der Waals surface area contributed by atoms with Gasteiger partial charge in [-0.3, -0.25) is 29.2 Å². The number of rotatable bonds is 18. The summed E-state index contributed by atoms with van der Waals surface area (Å²) in [6.07, 6.45) is 5.10. The van der Waals surface area contributed by atoms with E-state index in [1.54, 1.807) is 57.9 Å². The molecule has 0 fully saturated rings. The van der Waals surface area contributed by atoms with E-state index < -0.39 is 11.8 Å². The topological polar surface area (TPSA) is 255 Å². The predicted octanol–water partition coefficient (Wildman–Crippen LogP) is 1.89. The van der Waals surface area contributed by atoms with Gasteiger partial charge in [-0.25, -0.2) is 0 Å². The third kappa shape index (κ3) is 12.3. The first kappa shape index (κ1) is 38.6. The molecule has 270 valence electrons. The van der Waals surface area contributed by atoms with Crippen molar-refractivity contribution in [1.82, 2.24) is 19.8 Å². The Balaban J connectivity index is 1.68. The highest BCUT2D eigenvalue weighted by Gasteiger charge is 2.18. The summed E-state index contributed by atoms with van der Waals surface area (Å²) in [6, 6.07) is 9.39. The molecule has 12 N–H and O–H groups in total. The van der Waals surface area contributed by atoms with Crippen LogP contribution in [0.1, 0.15) is 82.2 Å². The minimum atomic E-state index is -0.407. The zero-order valence-electron chi connectivity index (χ0n) is 29.2. The summed E-state index contributed by atoms with van der Waals surface area (Å²) in [5.74, 6) is -0.752. The van der Waals surface area contributed by atoms with E-state index in [-0.39, 0.29) is 49.9 Å². The standard InChI is InChI=1S/C34H50N12O4/c1-21(2)9-15-45-19-25(17-27(45)31(49)39-11-13-41-33(35)36)43-29(47)23-5-7-24(8-6-23)30(48)44-26-18-28(46(20-26)16-10-22(3)4)32(50)40-12-14-42-34(37)38/h5-8,17-22H,9-16H2,1-4H3,(H,39,49)(H,40,50)(H,43,47)(H,44,48)(H4,35,36,41)(H4,37,38,42). The fourth-order valence-electron chi connectivity index (χ4n) is 4.77. The zero-order valence-corrected chi connectivity index (χ0v) is 29.2. The van der Waals surface area contributed by atoms with Crippen LogP contribution in [0.15, 0.2) is 58.8 Å². The molecule has 4 amide bonds. The number of amides is 4. The van der Waals surface area contributed by atoms with Crippen LogP contribution >= 0.6 is 0 Å². The number of aryl methyl sites for hydroxylation is 2. The molecular formula is C34H50N12O4. The Bertz CT molecular complexity index is 1550. The van der Waals surface area contributed by atoms with Gasteiger partial charge in [0.1, 0.15) is 11.4 Å². The SMILES string of the molecule is CC(C)CCn1cc(NC(=O)c2ccc(C(=O)Nc3cc(C(=O)NCCN=C(N)N)n(CCC(C)C)c3)cc2)cc1C(=O)NCCN=C(N)N. The van der Waals surface area contributed by atoms with Crippen molar-refractivity contribution in [1.29, 1.82) is 0 Å². The molecule has 0 atom stereocenters. The van der Waals surface area contributed by atoms with E-state index in [4.69, 9.17) is 22.9 Å². The molecule has 0 aliphatic heterocycles. The fourth-order valence-corrected chi connectivity index (χ4v) is 4.77. The Morgan fingerprint density at radius 1 is 0.620 bits per heavy atom. The highest BCUT2D eigenvalue weighted by Crippen LogP contribution is 2.20. The summed E-state index contributed by atoms with van der Waals surface area (Å²) in [6.45, 7) is 10.5. The number of aromatic nitrogens is 2. The fraction of sp³-hybridized carbons (Fsp3) is 0.412. The molecule has 16 nitrogen and oxygen atoms in total. The van der Waals surface area contributed by atoms with Crippen molar-refractivity contribution >= 4 is 46.9 Å². The van der Waals surface area contributed by atoms with Gasteiger partial charge in [-0.2, -0.15) is 0 Å². The largest absolute Gasteiger partial charge is 0.370 e. The van der Waals surface area contributed by atoms with Gasteiger partial charge in [0.15, 0.2) is 11.9 Å². The van der Waals surface area contributed by atoms with E-state index >= 15 is 0 Å². The summed E-state index contributed by atoms with van der Waals surface area (Å²) in [5, 5.41) is 11.3. The minimum absolute atomic E-state index is 0.0565. The van der Waals surface area contributed by atoms with Crippen molar-refractivity contribution in [2.75, 3.05) is 36.8 Å². The van der Waals surface area contributed by atoms with Crippen molar-refractivity contribution in [2.24, 2.45) is 44.8 Å². The second-order valence-corrected chi connectivity index (χ2v) is 12.6. The van der Waals surface area contributed by atoms with Gasteiger partial charge in [-0.15, -0.1) is 0 Å². The predicted molar refractivity (Wildman–Crippen MR) is 196 cm³/mol. The number of aliphatic imine (C=N–C) groups is 2. The van der Waals surface area contributed by atoms with Gasteiger partial charge in [0.25, 0.3) is 23.6 Å². The molecule has 0 spiro atoms. The van der Waals surface area contributed by atoms with Gasteiger partial charge in [-0.05, 0) is 61.1 Å². The summed E-state index contributed by atoms with van der Waals surface area (Å²) in [4.78, 5) is 59.8. The van der Waals surface area contributed by atoms with Gasteiger partial charge < -0.3 is 53.3 Å². The number of benzene rings is 1. The minimum Gasteiger partial charge on any atom is -0.370 e. The van der Waals surface area contributed by atoms with Crippen LogP contribution in [0.25, 0.3) is 0 Å². The lowest BCUT2D eigenvalue weighted by atomic mass is 10.1.